The molecular formula is C11H11BrN2O2. The van der Waals surface area contributed by atoms with E-state index >= 15 is 0 Å². The van der Waals surface area contributed by atoms with Crippen molar-refractivity contribution in [2.24, 2.45) is 0 Å². The first-order valence-electron chi connectivity index (χ1n) is 4.92. The van der Waals surface area contributed by atoms with E-state index in [1.54, 1.807) is 6.92 Å². The number of aliphatic hydroxyl groups is 1. The van der Waals surface area contributed by atoms with Crippen molar-refractivity contribution < 1.29 is 9.63 Å². The highest BCUT2D eigenvalue weighted by Crippen LogP contribution is 2.20. The molecule has 1 aromatic heterocycles. The van der Waals surface area contributed by atoms with Gasteiger partial charge in [0.15, 0.2) is 5.82 Å². The van der Waals surface area contributed by atoms with Crippen molar-refractivity contribution in [3.05, 3.63) is 34.6 Å². The van der Waals surface area contributed by atoms with Crippen LogP contribution in [-0.2, 0) is 6.42 Å². The third kappa shape index (κ3) is 2.68. The van der Waals surface area contributed by atoms with Gasteiger partial charge in [-0.25, -0.2) is 0 Å². The summed E-state index contributed by atoms with van der Waals surface area (Å²) in [4.78, 5) is 4.20. The first-order chi connectivity index (χ1) is 7.65. The van der Waals surface area contributed by atoms with Gasteiger partial charge in [0.2, 0.25) is 0 Å². The molecule has 1 heterocycles. The Morgan fingerprint density at radius 2 is 2.06 bits per heavy atom. The third-order valence-corrected chi connectivity index (χ3v) is 2.57. The lowest BCUT2D eigenvalue weighted by Gasteiger charge is -1.96. The number of benzene rings is 1. The minimum Gasteiger partial charge on any atom is -0.393 e. The third-order valence-electron chi connectivity index (χ3n) is 2.04. The molecule has 2 rings (SSSR count). The molecule has 84 valence electrons. The lowest BCUT2D eigenvalue weighted by Crippen LogP contribution is -2.05. The summed E-state index contributed by atoms with van der Waals surface area (Å²) in [5.74, 6) is 0.996. The molecule has 1 aromatic carbocycles. The largest absolute Gasteiger partial charge is 0.393 e. The van der Waals surface area contributed by atoms with Gasteiger partial charge in [0.1, 0.15) is 0 Å². The van der Waals surface area contributed by atoms with Crippen molar-refractivity contribution in [3.8, 4) is 11.5 Å². The number of hydrogen-bond donors (Lipinski definition) is 1. The van der Waals surface area contributed by atoms with Gasteiger partial charge in [-0.1, -0.05) is 21.1 Å². The molecule has 5 heteroatoms. The van der Waals surface area contributed by atoms with Crippen molar-refractivity contribution >= 4 is 15.9 Å². The summed E-state index contributed by atoms with van der Waals surface area (Å²) in [6, 6.07) is 7.61. The van der Waals surface area contributed by atoms with Crippen LogP contribution in [0, 0.1) is 0 Å². The number of hydrogen-bond acceptors (Lipinski definition) is 4. The first-order valence-corrected chi connectivity index (χ1v) is 5.71. The highest BCUT2D eigenvalue weighted by atomic mass is 79.9. The fourth-order valence-electron chi connectivity index (χ4n) is 1.31. The minimum atomic E-state index is -0.463. The van der Waals surface area contributed by atoms with E-state index in [1.165, 1.54) is 0 Å². The molecule has 0 amide bonds. The Hall–Kier alpha value is -1.20. The van der Waals surface area contributed by atoms with Crippen LogP contribution >= 0.6 is 15.9 Å². The predicted molar refractivity (Wildman–Crippen MR) is 62.8 cm³/mol. The Morgan fingerprint density at radius 3 is 2.69 bits per heavy atom. The zero-order chi connectivity index (χ0) is 11.5. The van der Waals surface area contributed by atoms with Crippen LogP contribution in [0.1, 0.15) is 12.7 Å². The molecule has 0 bridgehead atoms. The van der Waals surface area contributed by atoms with Crippen LogP contribution < -0.4 is 0 Å². The van der Waals surface area contributed by atoms with Crippen molar-refractivity contribution in [1.29, 1.82) is 0 Å². The highest BCUT2D eigenvalue weighted by molar-refractivity contribution is 9.10. The molecule has 0 fully saturated rings. The SMILES string of the molecule is CC(O)Cc1noc(-c2ccc(Br)cc2)n1. The maximum Gasteiger partial charge on any atom is 0.257 e. The molecule has 1 N–H and O–H groups in total. The van der Waals surface area contributed by atoms with E-state index in [1.807, 2.05) is 24.3 Å². The fourth-order valence-corrected chi connectivity index (χ4v) is 1.58. The topological polar surface area (TPSA) is 59.2 Å². The Labute approximate surface area is 101 Å². The minimum absolute atomic E-state index is 0.403. The molecule has 4 nitrogen and oxygen atoms in total. The zero-order valence-corrected chi connectivity index (χ0v) is 10.3. The van der Waals surface area contributed by atoms with Crippen molar-refractivity contribution in [3.63, 3.8) is 0 Å². The lowest BCUT2D eigenvalue weighted by molar-refractivity contribution is 0.191. The van der Waals surface area contributed by atoms with E-state index in [9.17, 15) is 5.11 Å². The van der Waals surface area contributed by atoms with Crippen LogP contribution in [0.5, 0.6) is 0 Å². The summed E-state index contributed by atoms with van der Waals surface area (Å²) in [6.45, 7) is 1.69. The summed E-state index contributed by atoms with van der Waals surface area (Å²) in [5.41, 5.74) is 0.868. The van der Waals surface area contributed by atoms with E-state index in [4.69, 9.17) is 4.52 Å². The molecule has 1 atom stereocenters. The van der Waals surface area contributed by atoms with E-state index < -0.39 is 6.10 Å². The number of nitrogens with zero attached hydrogens (tertiary/aromatic N) is 2. The normalized spacial score (nSPS) is 12.7. The Kier molecular flexibility index (Phi) is 3.36. The summed E-state index contributed by atoms with van der Waals surface area (Å²) < 4.78 is 6.10. The molecule has 0 saturated heterocycles. The number of aromatic nitrogens is 2. The molecule has 16 heavy (non-hydrogen) atoms. The Bertz CT molecular complexity index is 465. The van der Waals surface area contributed by atoms with E-state index in [-0.39, 0.29) is 0 Å². The van der Waals surface area contributed by atoms with Gasteiger partial charge in [-0.15, -0.1) is 0 Å². The second-order valence-corrected chi connectivity index (χ2v) is 4.49. The molecular weight excluding hydrogens is 272 g/mol. The molecule has 0 spiro atoms. The van der Waals surface area contributed by atoms with Crippen molar-refractivity contribution in [2.75, 3.05) is 0 Å². The van der Waals surface area contributed by atoms with Crippen LogP contribution in [0.25, 0.3) is 11.5 Å². The maximum absolute atomic E-state index is 9.19. The van der Waals surface area contributed by atoms with E-state index in [2.05, 4.69) is 26.1 Å². The standard InChI is InChI=1S/C11H11BrN2O2/c1-7(15)6-10-13-11(16-14-10)8-2-4-9(12)5-3-8/h2-5,7,15H,6H2,1H3. The van der Waals surface area contributed by atoms with Crippen LogP contribution in [0.2, 0.25) is 0 Å². The molecule has 0 aliphatic rings. The summed E-state index contributed by atoms with van der Waals surface area (Å²) >= 11 is 3.36. The quantitative estimate of drug-likeness (QED) is 0.939. The first kappa shape index (κ1) is 11.3. The lowest BCUT2D eigenvalue weighted by atomic mass is 10.2. The average Bonchev–Trinajstić information content (AvgIpc) is 2.66. The fraction of sp³-hybridized carbons (Fsp3) is 0.273. The van der Waals surface area contributed by atoms with Gasteiger partial charge in [0.05, 0.1) is 6.10 Å². The summed E-state index contributed by atoms with van der Waals surface area (Å²) in [6.07, 6.45) is -0.0598. The Morgan fingerprint density at radius 1 is 1.38 bits per heavy atom. The van der Waals surface area contributed by atoms with E-state index in [0.717, 1.165) is 10.0 Å². The van der Waals surface area contributed by atoms with Crippen LogP contribution in [0.15, 0.2) is 33.3 Å². The molecule has 0 saturated carbocycles. The second-order valence-electron chi connectivity index (χ2n) is 3.58. The summed E-state index contributed by atoms with van der Waals surface area (Å²) in [7, 11) is 0. The molecule has 0 aliphatic carbocycles. The molecule has 1 unspecified atom stereocenters. The maximum atomic E-state index is 9.19. The van der Waals surface area contributed by atoms with Crippen molar-refractivity contribution in [2.45, 2.75) is 19.4 Å². The van der Waals surface area contributed by atoms with Crippen LogP contribution in [0.4, 0.5) is 0 Å². The predicted octanol–water partition coefficient (Wildman–Crippen LogP) is 2.42. The van der Waals surface area contributed by atoms with Gasteiger partial charge >= 0.3 is 0 Å². The summed E-state index contributed by atoms with van der Waals surface area (Å²) in [5, 5.41) is 13.0. The van der Waals surface area contributed by atoms with Crippen molar-refractivity contribution in [1.82, 2.24) is 10.1 Å². The Balaban J connectivity index is 2.21. The highest BCUT2D eigenvalue weighted by Gasteiger charge is 2.10. The van der Waals surface area contributed by atoms with Crippen LogP contribution in [0.3, 0.4) is 0 Å². The average molecular weight is 283 g/mol. The molecule has 0 aliphatic heterocycles. The second kappa shape index (κ2) is 4.76. The van der Waals surface area contributed by atoms with Gasteiger partial charge in [0, 0.05) is 16.5 Å². The number of rotatable bonds is 3. The van der Waals surface area contributed by atoms with Gasteiger partial charge in [-0.05, 0) is 31.2 Å². The number of halogens is 1. The van der Waals surface area contributed by atoms with Gasteiger partial charge < -0.3 is 9.63 Å². The van der Waals surface area contributed by atoms with Gasteiger partial charge in [0.25, 0.3) is 5.89 Å². The smallest absolute Gasteiger partial charge is 0.257 e. The van der Waals surface area contributed by atoms with E-state index in [0.29, 0.717) is 18.1 Å². The zero-order valence-electron chi connectivity index (χ0n) is 8.72. The van der Waals surface area contributed by atoms with Crippen LogP contribution in [-0.4, -0.2) is 21.4 Å². The molecule has 2 aromatic rings. The molecule has 0 radical (unpaired) electrons. The van der Waals surface area contributed by atoms with Gasteiger partial charge in [-0.3, -0.25) is 0 Å². The van der Waals surface area contributed by atoms with Gasteiger partial charge in [-0.2, -0.15) is 4.98 Å². The monoisotopic (exact) mass is 282 g/mol. The number of aliphatic hydroxyl groups excluding tert-OH is 1.